The third-order valence-corrected chi connectivity index (χ3v) is 1.08. The normalized spacial score (nSPS) is 9.56. The van der Waals surface area contributed by atoms with E-state index in [2.05, 4.69) is 10.3 Å². The number of hydrogen-bond donors (Lipinski definition) is 0. The summed E-state index contributed by atoms with van der Waals surface area (Å²) in [5.41, 5.74) is 0.537. The first-order valence-corrected chi connectivity index (χ1v) is 2.57. The fourth-order valence-corrected chi connectivity index (χ4v) is 0.608. The van der Waals surface area contributed by atoms with Crippen LogP contribution in [0.25, 0.3) is 0 Å². The fraction of sp³-hybridized carbons (Fsp3) is 0.400. The molecule has 48 valence electrons. The number of carbonyl (C=O) groups is 1. The number of ketones is 1. The Bertz CT molecular complexity index is 228. The van der Waals surface area contributed by atoms with Crippen LogP contribution in [0.4, 0.5) is 0 Å². The fourth-order valence-electron chi connectivity index (χ4n) is 0.608. The van der Waals surface area contributed by atoms with E-state index in [9.17, 15) is 4.79 Å². The van der Waals surface area contributed by atoms with Crippen molar-refractivity contribution in [3.63, 3.8) is 0 Å². The third-order valence-electron chi connectivity index (χ3n) is 1.08. The van der Waals surface area contributed by atoms with Crippen molar-refractivity contribution in [3.05, 3.63) is 11.9 Å². The van der Waals surface area contributed by atoms with Crippen molar-refractivity contribution < 1.29 is 4.79 Å². The second-order valence-corrected chi connectivity index (χ2v) is 1.80. The van der Waals surface area contributed by atoms with Crippen LogP contribution in [0.3, 0.4) is 0 Å². The lowest BCUT2D eigenvalue weighted by atomic mass is 10.3. The van der Waals surface area contributed by atoms with Crippen molar-refractivity contribution in [1.29, 1.82) is 0 Å². The Hall–Kier alpha value is -1.19. The summed E-state index contributed by atoms with van der Waals surface area (Å²) in [6.45, 7) is 1.48. The van der Waals surface area contributed by atoms with E-state index in [4.69, 9.17) is 0 Å². The van der Waals surface area contributed by atoms with Crippen molar-refractivity contribution in [1.82, 2.24) is 15.0 Å². The van der Waals surface area contributed by atoms with Gasteiger partial charge in [0.25, 0.3) is 0 Å². The van der Waals surface area contributed by atoms with Crippen LogP contribution in [-0.4, -0.2) is 20.8 Å². The van der Waals surface area contributed by atoms with Crippen LogP contribution in [0, 0.1) is 0 Å². The number of hydrogen-bond acceptors (Lipinski definition) is 3. The monoisotopic (exact) mass is 125 g/mol. The second kappa shape index (κ2) is 1.97. The van der Waals surface area contributed by atoms with Gasteiger partial charge in [0.2, 0.25) is 0 Å². The van der Waals surface area contributed by atoms with E-state index in [1.54, 1.807) is 7.05 Å². The van der Waals surface area contributed by atoms with Gasteiger partial charge in [-0.05, 0) is 0 Å². The van der Waals surface area contributed by atoms with E-state index >= 15 is 0 Å². The number of aromatic nitrogens is 3. The van der Waals surface area contributed by atoms with E-state index in [1.165, 1.54) is 17.8 Å². The first-order valence-electron chi connectivity index (χ1n) is 2.57. The van der Waals surface area contributed by atoms with Gasteiger partial charge in [0.1, 0.15) is 5.69 Å². The summed E-state index contributed by atoms with van der Waals surface area (Å²) >= 11 is 0. The molecule has 1 aromatic rings. The molecule has 0 atom stereocenters. The average Bonchev–Trinajstić information content (AvgIpc) is 2.13. The molecule has 0 aliphatic rings. The maximum atomic E-state index is 10.6. The predicted octanol–water partition coefficient (Wildman–Crippen LogP) is 0.0177. The van der Waals surface area contributed by atoms with Gasteiger partial charge in [-0.3, -0.25) is 4.79 Å². The molecule has 0 fully saturated rings. The van der Waals surface area contributed by atoms with Crippen molar-refractivity contribution in [2.75, 3.05) is 0 Å². The largest absolute Gasteiger partial charge is 0.293 e. The van der Waals surface area contributed by atoms with Crippen LogP contribution in [0.5, 0.6) is 0 Å². The molecular weight excluding hydrogens is 118 g/mol. The van der Waals surface area contributed by atoms with E-state index in [0.29, 0.717) is 5.69 Å². The van der Waals surface area contributed by atoms with Gasteiger partial charge in [0.15, 0.2) is 5.78 Å². The Morgan fingerprint density at radius 1 is 1.78 bits per heavy atom. The Labute approximate surface area is 52.5 Å². The van der Waals surface area contributed by atoms with Crippen LogP contribution in [-0.2, 0) is 7.05 Å². The number of carbonyl (C=O) groups excluding carboxylic acids is 1. The van der Waals surface area contributed by atoms with Crippen LogP contribution >= 0.6 is 0 Å². The van der Waals surface area contributed by atoms with Gasteiger partial charge in [0.05, 0.1) is 6.20 Å². The molecule has 0 aliphatic heterocycles. The van der Waals surface area contributed by atoms with Gasteiger partial charge in [-0.15, -0.1) is 5.10 Å². The van der Waals surface area contributed by atoms with Gasteiger partial charge in [-0.2, -0.15) is 0 Å². The average molecular weight is 125 g/mol. The molecule has 0 bridgehead atoms. The standard InChI is InChI=1S/C5H7N3O/c1-4(9)5-3-6-7-8(5)2/h3H,1-2H3. The van der Waals surface area contributed by atoms with Crippen LogP contribution in [0.2, 0.25) is 0 Å². The molecule has 0 spiro atoms. The van der Waals surface area contributed by atoms with Crippen LogP contribution in [0.15, 0.2) is 6.20 Å². The minimum absolute atomic E-state index is 0.0116. The lowest BCUT2D eigenvalue weighted by Crippen LogP contribution is -2.02. The highest BCUT2D eigenvalue weighted by Gasteiger charge is 2.02. The highest BCUT2D eigenvalue weighted by molar-refractivity contribution is 5.91. The quantitative estimate of drug-likeness (QED) is 0.497. The Balaban J connectivity index is 3.08. The molecule has 1 aromatic heterocycles. The molecule has 0 amide bonds. The number of nitrogens with zero attached hydrogens (tertiary/aromatic N) is 3. The van der Waals surface area contributed by atoms with Crippen molar-refractivity contribution in [3.8, 4) is 0 Å². The zero-order valence-corrected chi connectivity index (χ0v) is 5.33. The zero-order chi connectivity index (χ0) is 6.85. The highest BCUT2D eigenvalue weighted by atomic mass is 16.1. The molecule has 1 heterocycles. The molecule has 4 nitrogen and oxygen atoms in total. The molecule has 4 heteroatoms. The molecule has 0 aromatic carbocycles. The van der Waals surface area contributed by atoms with E-state index < -0.39 is 0 Å². The first-order chi connectivity index (χ1) is 4.22. The summed E-state index contributed by atoms with van der Waals surface area (Å²) in [6.07, 6.45) is 1.45. The Morgan fingerprint density at radius 2 is 2.44 bits per heavy atom. The maximum Gasteiger partial charge on any atom is 0.179 e. The molecule has 0 aliphatic carbocycles. The molecule has 0 radical (unpaired) electrons. The maximum absolute atomic E-state index is 10.6. The summed E-state index contributed by atoms with van der Waals surface area (Å²) in [5, 5.41) is 7.12. The molecule has 9 heavy (non-hydrogen) atoms. The van der Waals surface area contributed by atoms with E-state index in [-0.39, 0.29) is 5.78 Å². The topological polar surface area (TPSA) is 47.8 Å². The molecular formula is C5H7N3O. The SMILES string of the molecule is CC(=O)c1cnnn1C. The van der Waals surface area contributed by atoms with Crippen molar-refractivity contribution in [2.45, 2.75) is 6.92 Å². The summed E-state index contributed by atoms with van der Waals surface area (Å²) in [5.74, 6) is -0.0116. The van der Waals surface area contributed by atoms with Gasteiger partial charge in [0, 0.05) is 14.0 Å². The molecule has 0 unspecified atom stereocenters. The minimum atomic E-state index is -0.0116. The first kappa shape index (κ1) is 5.94. The summed E-state index contributed by atoms with van der Waals surface area (Å²) in [4.78, 5) is 10.6. The molecule has 0 saturated heterocycles. The van der Waals surface area contributed by atoms with Gasteiger partial charge in [-0.25, -0.2) is 4.68 Å². The third kappa shape index (κ3) is 0.960. The molecule has 0 N–H and O–H groups in total. The molecule has 0 saturated carbocycles. The Morgan fingerprint density at radius 3 is 2.67 bits per heavy atom. The van der Waals surface area contributed by atoms with E-state index in [1.807, 2.05) is 0 Å². The van der Waals surface area contributed by atoms with E-state index in [0.717, 1.165) is 0 Å². The zero-order valence-electron chi connectivity index (χ0n) is 5.33. The van der Waals surface area contributed by atoms with Gasteiger partial charge >= 0.3 is 0 Å². The van der Waals surface area contributed by atoms with Gasteiger partial charge in [-0.1, -0.05) is 5.21 Å². The lowest BCUT2D eigenvalue weighted by molar-refractivity contribution is 0.100. The number of Topliss-reactive ketones (excluding diaryl/α,β-unsaturated/α-hetero) is 1. The predicted molar refractivity (Wildman–Crippen MR) is 31.0 cm³/mol. The highest BCUT2D eigenvalue weighted by Crippen LogP contribution is 1.92. The lowest BCUT2D eigenvalue weighted by Gasteiger charge is -1.89. The molecule has 1 rings (SSSR count). The summed E-state index contributed by atoms with van der Waals surface area (Å²) in [7, 11) is 1.68. The van der Waals surface area contributed by atoms with Crippen LogP contribution in [0.1, 0.15) is 17.4 Å². The summed E-state index contributed by atoms with van der Waals surface area (Å²) in [6, 6.07) is 0. The van der Waals surface area contributed by atoms with Gasteiger partial charge < -0.3 is 0 Å². The second-order valence-electron chi connectivity index (χ2n) is 1.80. The summed E-state index contributed by atoms with van der Waals surface area (Å²) < 4.78 is 1.45. The number of aryl methyl sites for hydroxylation is 1. The smallest absolute Gasteiger partial charge is 0.179 e. The van der Waals surface area contributed by atoms with Crippen LogP contribution < -0.4 is 0 Å². The minimum Gasteiger partial charge on any atom is -0.293 e. The Kier molecular flexibility index (Phi) is 1.30. The number of rotatable bonds is 1. The van der Waals surface area contributed by atoms with Crippen molar-refractivity contribution in [2.24, 2.45) is 7.05 Å². The van der Waals surface area contributed by atoms with Crippen molar-refractivity contribution >= 4 is 5.78 Å².